The zero-order chi connectivity index (χ0) is 18.6. The molecule has 0 saturated carbocycles. The Morgan fingerprint density at radius 2 is 2.04 bits per heavy atom. The molecule has 0 saturated heterocycles. The van der Waals surface area contributed by atoms with E-state index >= 15 is 0 Å². The van der Waals surface area contributed by atoms with Crippen LogP contribution in [0.2, 0.25) is 5.02 Å². The van der Waals surface area contributed by atoms with E-state index in [4.69, 9.17) is 11.6 Å². The van der Waals surface area contributed by atoms with Crippen molar-refractivity contribution in [3.63, 3.8) is 0 Å². The molecule has 0 aliphatic carbocycles. The van der Waals surface area contributed by atoms with Gasteiger partial charge in [0.25, 0.3) is 5.91 Å². The molecule has 0 aliphatic heterocycles. The Labute approximate surface area is 165 Å². The van der Waals surface area contributed by atoms with Crippen molar-refractivity contribution < 1.29 is 4.79 Å². The first kappa shape index (κ1) is 17.5. The molecule has 3 heterocycles. The predicted octanol–water partition coefficient (Wildman–Crippen LogP) is 4.58. The molecule has 0 fully saturated rings. The highest BCUT2D eigenvalue weighted by Gasteiger charge is 2.19. The van der Waals surface area contributed by atoms with E-state index in [1.807, 2.05) is 47.8 Å². The fourth-order valence-corrected chi connectivity index (χ4v) is 3.57. The van der Waals surface area contributed by atoms with Gasteiger partial charge in [0, 0.05) is 18.9 Å². The van der Waals surface area contributed by atoms with Crippen molar-refractivity contribution in [1.29, 1.82) is 0 Å². The van der Waals surface area contributed by atoms with E-state index in [0.717, 1.165) is 16.1 Å². The Morgan fingerprint density at radius 3 is 2.78 bits per heavy atom. The first-order chi connectivity index (χ1) is 13.2. The van der Waals surface area contributed by atoms with Crippen LogP contribution in [0.25, 0.3) is 16.3 Å². The number of aromatic nitrogens is 3. The van der Waals surface area contributed by atoms with Crippen LogP contribution in [-0.2, 0) is 6.54 Å². The number of para-hydroxylation sites is 1. The Balaban J connectivity index is 1.70. The number of rotatable bonds is 5. The summed E-state index contributed by atoms with van der Waals surface area (Å²) in [6.45, 7) is 0.384. The average molecular weight is 395 g/mol. The van der Waals surface area contributed by atoms with Gasteiger partial charge in [0.1, 0.15) is 11.4 Å². The molecule has 1 aromatic carbocycles. The molecule has 0 spiro atoms. The SMILES string of the molecule is O=C(NCc1cccnc1)c1cc(-c2cccs2)nn1-c1ccccc1Cl. The van der Waals surface area contributed by atoms with E-state index in [0.29, 0.717) is 22.9 Å². The molecule has 0 unspecified atom stereocenters. The Bertz CT molecular complexity index is 1060. The summed E-state index contributed by atoms with van der Waals surface area (Å²) in [5.41, 5.74) is 2.74. The van der Waals surface area contributed by atoms with Crippen LogP contribution in [0.15, 0.2) is 72.4 Å². The van der Waals surface area contributed by atoms with Gasteiger partial charge in [0.05, 0.1) is 15.6 Å². The number of carbonyl (C=O) groups is 1. The standard InChI is InChI=1S/C20H15ClN4OS/c21-15-6-1-2-7-17(15)25-18(11-16(24-25)19-8-4-10-27-19)20(26)23-13-14-5-3-9-22-12-14/h1-12H,13H2,(H,23,26). The van der Waals surface area contributed by atoms with Crippen LogP contribution >= 0.6 is 22.9 Å². The predicted molar refractivity (Wildman–Crippen MR) is 107 cm³/mol. The molecule has 27 heavy (non-hydrogen) atoms. The molecule has 1 amide bonds. The van der Waals surface area contributed by atoms with Crippen LogP contribution in [0.1, 0.15) is 16.1 Å². The summed E-state index contributed by atoms with van der Waals surface area (Å²) in [6, 6.07) is 16.8. The van der Waals surface area contributed by atoms with Gasteiger partial charge >= 0.3 is 0 Å². The molecule has 1 N–H and O–H groups in total. The molecule has 4 rings (SSSR count). The first-order valence-electron chi connectivity index (χ1n) is 8.28. The van der Waals surface area contributed by atoms with Gasteiger partial charge in [-0.2, -0.15) is 5.10 Å². The molecule has 134 valence electrons. The Hall–Kier alpha value is -2.96. The van der Waals surface area contributed by atoms with Crippen LogP contribution in [0.5, 0.6) is 0 Å². The van der Waals surface area contributed by atoms with Crippen molar-refractivity contribution in [3.8, 4) is 16.3 Å². The number of nitrogens with zero attached hydrogens (tertiary/aromatic N) is 3. The lowest BCUT2D eigenvalue weighted by Crippen LogP contribution is -2.25. The van der Waals surface area contributed by atoms with Crippen LogP contribution in [0.3, 0.4) is 0 Å². The largest absolute Gasteiger partial charge is 0.347 e. The van der Waals surface area contributed by atoms with Gasteiger partial charge in [-0.05, 0) is 41.3 Å². The Kier molecular flexibility index (Phi) is 5.00. The highest BCUT2D eigenvalue weighted by molar-refractivity contribution is 7.13. The van der Waals surface area contributed by atoms with E-state index in [1.54, 1.807) is 40.5 Å². The lowest BCUT2D eigenvalue weighted by atomic mass is 10.2. The maximum absolute atomic E-state index is 12.9. The van der Waals surface area contributed by atoms with E-state index in [2.05, 4.69) is 15.4 Å². The van der Waals surface area contributed by atoms with Crippen LogP contribution in [-0.4, -0.2) is 20.7 Å². The normalized spacial score (nSPS) is 10.7. The summed E-state index contributed by atoms with van der Waals surface area (Å²) >= 11 is 7.91. The molecular weight excluding hydrogens is 380 g/mol. The first-order valence-corrected chi connectivity index (χ1v) is 9.54. The quantitative estimate of drug-likeness (QED) is 0.539. The number of hydrogen-bond acceptors (Lipinski definition) is 4. The van der Waals surface area contributed by atoms with E-state index in [-0.39, 0.29) is 5.91 Å². The number of halogens is 1. The van der Waals surface area contributed by atoms with Crippen molar-refractivity contribution >= 4 is 28.8 Å². The fourth-order valence-electron chi connectivity index (χ4n) is 2.67. The maximum atomic E-state index is 12.9. The fraction of sp³-hybridized carbons (Fsp3) is 0.0500. The lowest BCUT2D eigenvalue weighted by Gasteiger charge is -2.09. The zero-order valence-electron chi connectivity index (χ0n) is 14.2. The summed E-state index contributed by atoms with van der Waals surface area (Å²) < 4.78 is 1.59. The van der Waals surface area contributed by atoms with Gasteiger partial charge < -0.3 is 5.32 Å². The number of pyridine rings is 1. The zero-order valence-corrected chi connectivity index (χ0v) is 15.7. The van der Waals surface area contributed by atoms with Crippen molar-refractivity contribution in [2.75, 3.05) is 0 Å². The van der Waals surface area contributed by atoms with Crippen LogP contribution < -0.4 is 5.32 Å². The second-order valence-corrected chi connectivity index (χ2v) is 7.15. The molecule has 5 nitrogen and oxygen atoms in total. The molecule has 4 aromatic rings. The summed E-state index contributed by atoms with van der Waals surface area (Å²) in [6.07, 6.45) is 3.42. The van der Waals surface area contributed by atoms with Gasteiger partial charge in [-0.15, -0.1) is 11.3 Å². The third-order valence-corrected chi connectivity index (χ3v) is 5.18. The van der Waals surface area contributed by atoms with Crippen molar-refractivity contribution in [2.45, 2.75) is 6.54 Å². The second kappa shape index (κ2) is 7.73. The number of amides is 1. The van der Waals surface area contributed by atoms with E-state index in [9.17, 15) is 4.79 Å². The Morgan fingerprint density at radius 1 is 1.15 bits per heavy atom. The molecule has 7 heteroatoms. The van der Waals surface area contributed by atoms with Crippen molar-refractivity contribution in [3.05, 3.63) is 88.7 Å². The van der Waals surface area contributed by atoms with Gasteiger partial charge in [-0.1, -0.05) is 35.9 Å². The minimum absolute atomic E-state index is 0.228. The molecule has 0 radical (unpaired) electrons. The third kappa shape index (κ3) is 3.77. The number of hydrogen-bond donors (Lipinski definition) is 1. The number of carbonyl (C=O) groups excluding carboxylic acids is 1. The van der Waals surface area contributed by atoms with Crippen LogP contribution in [0.4, 0.5) is 0 Å². The molecule has 0 aliphatic rings. The van der Waals surface area contributed by atoms with Crippen molar-refractivity contribution in [2.24, 2.45) is 0 Å². The minimum atomic E-state index is -0.228. The summed E-state index contributed by atoms with van der Waals surface area (Å²) in [5, 5.41) is 10.1. The highest BCUT2D eigenvalue weighted by atomic mass is 35.5. The summed E-state index contributed by atoms with van der Waals surface area (Å²) in [7, 11) is 0. The smallest absolute Gasteiger partial charge is 0.270 e. The molecular formula is C20H15ClN4OS. The van der Waals surface area contributed by atoms with Gasteiger partial charge in [0.15, 0.2) is 0 Å². The van der Waals surface area contributed by atoms with E-state index < -0.39 is 0 Å². The number of thiophene rings is 1. The van der Waals surface area contributed by atoms with E-state index in [1.165, 1.54) is 0 Å². The van der Waals surface area contributed by atoms with Gasteiger partial charge in [-0.3, -0.25) is 9.78 Å². The molecule has 0 bridgehead atoms. The summed E-state index contributed by atoms with van der Waals surface area (Å²) in [4.78, 5) is 17.9. The third-order valence-electron chi connectivity index (χ3n) is 3.97. The monoisotopic (exact) mass is 394 g/mol. The van der Waals surface area contributed by atoms with Gasteiger partial charge in [0.2, 0.25) is 0 Å². The van der Waals surface area contributed by atoms with Gasteiger partial charge in [-0.25, -0.2) is 4.68 Å². The average Bonchev–Trinajstić information content (AvgIpc) is 3.37. The van der Waals surface area contributed by atoms with Crippen LogP contribution in [0, 0.1) is 0 Å². The maximum Gasteiger partial charge on any atom is 0.270 e. The second-order valence-electron chi connectivity index (χ2n) is 5.80. The number of benzene rings is 1. The highest BCUT2D eigenvalue weighted by Crippen LogP contribution is 2.28. The molecule has 0 atom stereocenters. The topological polar surface area (TPSA) is 59.8 Å². The minimum Gasteiger partial charge on any atom is -0.347 e. The summed E-state index contributed by atoms with van der Waals surface area (Å²) in [5.74, 6) is -0.228. The molecule has 3 aromatic heterocycles. The lowest BCUT2D eigenvalue weighted by molar-refractivity contribution is 0.0943. The van der Waals surface area contributed by atoms with Crippen molar-refractivity contribution in [1.82, 2.24) is 20.1 Å². The number of nitrogens with one attached hydrogen (secondary N) is 1.